The van der Waals surface area contributed by atoms with E-state index < -0.39 is 0 Å². The van der Waals surface area contributed by atoms with E-state index in [2.05, 4.69) is 24.9 Å². The monoisotopic (exact) mass is 496 g/mol. The Morgan fingerprint density at radius 3 is 2.69 bits per heavy atom. The first-order valence-corrected chi connectivity index (χ1v) is 13.2. The van der Waals surface area contributed by atoms with Crippen LogP contribution in [0.15, 0.2) is 42.7 Å². The molecule has 1 spiro atoms. The van der Waals surface area contributed by atoms with Gasteiger partial charge in [0.2, 0.25) is 0 Å². The summed E-state index contributed by atoms with van der Waals surface area (Å²) in [6.07, 6.45) is 7.99. The fraction of sp³-hybridized carbons (Fsp3) is 0.586. The molecule has 7 nitrogen and oxygen atoms in total. The predicted octanol–water partition coefficient (Wildman–Crippen LogP) is 5.45. The van der Waals surface area contributed by atoms with Gasteiger partial charge in [-0.2, -0.15) is 0 Å². The van der Waals surface area contributed by atoms with Gasteiger partial charge in [-0.1, -0.05) is 19.9 Å². The standard InChI is InChI=1S/C29H40N2O5/c1-5-34-24-18-26(23-7-6-13-30-20-23)36-29(19-24)11-14-31(15-12-29)28(32)22-8-9-25(27(17-22)33-4)35-16-10-21(2)3/h6-9,13,17,20-21,24,26H,5,10-12,14-16,18-19H2,1-4H3/t24-,26-/m0/s1. The molecule has 0 aliphatic carbocycles. The normalized spacial score (nSPS) is 21.5. The number of ether oxygens (including phenoxy) is 4. The Bertz CT molecular complexity index is 988. The molecule has 3 heterocycles. The third-order valence-corrected chi connectivity index (χ3v) is 7.25. The predicted molar refractivity (Wildman–Crippen MR) is 139 cm³/mol. The molecule has 7 heteroatoms. The van der Waals surface area contributed by atoms with Crippen LogP contribution in [0.2, 0.25) is 0 Å². The van der Waals surface area contributed by atoms with Gasteiger partial charge in [0.25, 0.3) is 5.91 Å². The number of hydrogen-bond donors (Lipinski definition) is 0. The third-order valence-electron chi connectivity index (χ3n) is 7.25. The van der Waals surface area contributed by atoms with Crippen molar-refractivity contribution in [2.45, 2.75) is 70.7 Å². The van der Waals surface area contributed by atoms with Crippen molar-refractivity contribution in [1.82, 2.24) is 9.88 Å². The molecule has 2 saturated heterocycles. The molecule has 2 aliphatic heterocycles. The molecule has 2 aromatic rings. The summed E-state index contributed by atoms with van der Waals surface area (Å²) in [6.45, 7) is 8.97. The minimum atomic E-state index is -0.290. The molecule has 2 atom stereocenters. The van der Waals surface area contributed by atoms with Crippen molar-refractivity contribution < 1.29 is 23.7 Å². The quantitative estimate of drug-likeness (QED) is 0.460. The molecule has 0 radical (unpaired) electrons. The summed E-state index contributed by atoms with van der Waals surface area (Å²) in [4.78, 5) is 19.6. The Labute approximate surface area is 215 Å². The highest BCUT2D eigenvalue weighted by Crippen LogP contribution is 2.44. The van der Waals surface area contributed by atoms with Crippen molar-refractivity contribution in [3.8, 4) is 11.5 Å². The molecule has 0 N–H and O–H groups in total. The van der Waals surface area contributed by atoms with Crippen LogP contribution in [0.4, 0.5) is 0 Å². The van der Waals surface area contributed by atoms with Gasteiger partial charge in [0, 0.05) is 50.5 Å². The van der Waals surface area contributed by atoms with Gasteiger partial charge >= 0.3 is 0 Å². The van der Waals surface area contributed by atoms with Gasteiger partial charge < -0.3 is 23.8 Å². The van der Waals surface area contributed by atoms with E-state index in [1.165, 1.54) is 0 Å². The Balaban J connectivity index is 1.41. The zero-order chi connectivity index (χ0) is 25.5. The topological polar surface area (TPSA) is 70.1 Å². The average Bonchev–Trinajstić information content (AvgIpc) is 2.89. The number of nitrogens with zero attached hydrogens (tertiary/aromatic N) is 2. The van der Waals surface area contributed by atoms with Gasteiger partial charge in [0.1, 0.15) is 0 Å². The number of carbonyl (C=O) groups excluding carboxylic acids is 1. The molecule has 2 aliphatic rings. The SMILES string of the molecule is CCO[C@H]1C[C@@H](c2cccnc2)OC2(CCN(C(=O)c3ccc(OCCC(C)C)c(OC)c3)CC2)C1. The van der Waals surface area contributed by atoms with E-state index in [-0.39, 0.29) is 23.7 Å². The lowest BCUT2D eigenvalue weighted by molar-refractivity contribution is -0.190. The first kappa shape index (κ1) is 26.4. The molecule has 0 bridgehead atoms. The van der Waals surface area contributed by atoms with E-state index in [1.54, 1.807) is 19.4 Å². The number of amides is 1. The van der Waals surface area contributed by atoms with Gasteiger partial charge in [0.15, 0.2) is 11.5 Å². The Morgan fingerprint density at radius 1 is 1.22 bits per heavy atom. The zero-order valence-electron chi connectivity index (χ0n) is 22.1. The van der Waals surface area contributed by atoms with Crippen LogP contribution >= 0.6 is 0 Å². The van der Waals surface area contributed by atoms with Gasteiger partial charge in [-0.05, 0) is 61.9 Å². The molecule has 36 heavy (non-hydrogen) atoms. The van der Waals surface area contributed by atoms with Crippen LogP contribution in [-0.4, -0.2) is 60.9 Å². The zero-order valence-corrected chi connectivity index (χ0v) is 22.1. The molecule has 4 rings (SSSR count). The maximum atomic E-state index is 13.4. The number of likely N-dealkylation sites (tertiary alicyclic amines) is 1. The summed E-state index contributed by atoms with van der Waals surface area (Å²) in [7, 11) is 1.61. The maximum absolute atomic E-state index is 13.4. The summed E-state index contributed by atoms with van der Waals surface area (Å²) in [5, 5.41) is 0. The smallest absolute Gasteiger partial charge is 0.253 e. The van der Waals surface area contributed by atoms with E-state index in [0.717, 1.165) is 37.7 Å². The highest BCUT2D eigenvalue weighted by molar-refractivity contribution is 5.95. The number of benzene rings is 1. The minimum Gasteiger partial charge on any atom is -0.493 e. The van der Waals surface area contributed by atoms with Gasteiger partial charge in [0.05, 0.1) is 31.5 Å². The number of rotatable bonds is 9. The van der Waals surface area contributed by atoms with E-state index >= 15 is 0 Å². The first-order chi connectivity index (χ1) is 17.4. The minimum absolute atomic E-state index is 0.0119. The van der Waals surface area contributed by atoms with Gasteiger partial charge in [-0.25, -0.2) is 0 Å². The van der Waals surface area contributed by atoms with Crippen LogP contribution in [0.5, 0.6) is 11.5 Å². The first-order valence-electron chi connectivity index (χ1n) is 13.2. The van der Waals surface area contributed by atoms with Crippen molar-refractivity contribution in [1.29, 1.82) is 0 Å². The van der Waals surface area contributed by atoms with E-state index in [1.807, 2.05) is 36.2 Å². The summed E-state index contributed by atoms with van der Waals surface area (Å²) in [5.41, 5.74) is 1.41. The van der Waals surface area contributed by atoms with Crippen molar-refractivity contribution >= 4 is 5.91 Å². The lowest BCUT2D eigenvalue weighted by Gasteiger charge is -2.48. The van der Waals surface area contributed by atoms with Gasteiger partial charge in [-0.3, -0.25) is 9.78 Å². The summed E-state index contributed by atoms with van der Waals surface area (Å²) in [6, 6.07) is 9.49. The molecule has 1 aromatic heterocycles. The Kier molecular flexibility index (Phi) is 8.86. The Morgan fingerprint density at radius 2 is 2.03 bits per heavy atom. The maximum Gasteiger partial charge on any atom is 0.253 e. The van der Waals surface area contributed by atoms with Crippen LogP contribution in [-0.2, 0) is 9.47 Å². The molecule has 1 amide bonds. The van der Waals surface area contributed by atoms with E-state index in [9.17, 15) is 4.79 Å². The number of carbonyl (C=O) groups is 1. The largest absolute Gasteiger partial charge is 0.493 e. The highest BCUT2D eigenvalue weighted by atomic mass is 16.5. The second kappa shape index (κ2) is 12.1. The van der Waals surface area contributed by atoms with Crippen LogP contribution < -0.4 is 9.47 Å². The van der Waals surface area contributed by atoms with E-state index in [0.29, 0.717) is 49.3 Å². The average molecular weight is 497 g/mol. The Hall–Kier alpha value is -2.64. The number of pyridine rings is 1. The van der Waals surface area contributed by atoms with Crippen molar-refractivity contribution in [2.24, 2.45) is 5.92 Å². The van der Waals surface area contributed by atoms with E-state index in [4.69, 9.17) is 18.9 Å². The molecule has 1 aromatic carbocycles. The van der Waals surface area contributed by atoms with Crippen molar-refractivity contribution in [3.63, 3.8) is 0 Å². The van der Waals surface area contributed by atoms with Crippen LogP contribution in [0.3, 0.4) is 0 Å². The second-order valence-corrected chi connectivity index (χ2v) is 10.3. The molecule has 0 saturated carbocycles. The molecule has 196 valence electrons. The van der Waals surface area contributed by atoms with Crippen LogP contribution in [0, 0.1) is 5.92 Å². The fourth-order valence-electron chi connectivity index (χ4n) is 5.21. The second-order valence-electron chi connectivity index (χ2n) is 10.3. The van der Waals surface area contributed by atoms with Crippen LogP contribution in [0.25, 0.3) is 0 Å². The number of piperidine rings is 1. The summed E-state index contributed by atoms with van der Waals surface area (Å²) in [5.74, 6) is 1.84. The van der Waals surface area contributed by atoms with Crippen molar-refractivity contribution in [3.05, 3.63) is 53.9 Å². The third kappa shape index (κ3) is 6.37. The van der Waals surface area contributed by atoms with Crippen LogP contribution in [0.1, 0.15) is 74.9 Å². The molecule has 2 fully saturated rings. The fourth-order valence-corrected chi connectivity index (χ4v) is 5.21. The number of aromatic nitrogens is 1. The molecular formula is C29H40N2O5. The number of hydrogen-bond acceptors (Lipinski definition) is 6. The molecule has 0 unspecified atom stereocenters. The highest BCUT2D eigenvalue weighted by Gasteiger charge is 2.45. The summed E-state index contributed by atoms with van der Waals surface area (Å²) >= 11 is 0. The lowest BCUT2D eigenvalue weighted by Crippen LogP contribution is -2.52. The summed E-state index contributed by atoms with van der Waals surface area (Å²) < 4.78 is 24.2. The van der Waals surface area contributed by atoms with Crippen molar-refractivity contribution in [2.75, 3.05) is 33.4 Å². The lowest BCUT2D eigenvalue weighted by atomic mass is 9.80. The number of methoxy groups -OCH3 is 1. The van der Waals surface area contributed by atoms with Gasteiger partial charge in [-0.15, -0.1) is 0 Å². The molecular weight excluding hydrogens is 456 g/mol.